The summed E-state index contributed by atoms with van der Waals surface area (Å²) in [6.45, 7) is 4.03. The third-order valence-electron chi connectivity index (χ3n) is 3.74. The number of halogens is 1. The summed E-state index contributed by atoms with van der Waals surface area (Å²) in [5.74, 6) is 0.994. The number of aliphatic imine (C=N–C) groups is 1. The van der Waals surface area contributed by atoms with E-state index in [4.69, 9.17) is 16.0 Å². The molecule has 0 atom stereocenters. The Bertz CT molecular complexity index is 977. The van der Waals surface area contributed by atoms with E-state index in [1.54, 1.807) is 18.3 Å². The highest BCUT2D eigenvalue weighted by Crippen LogP contribution is 2.32. The van der Waals surface area contributed by atoms with Crippen LogP contribution >= 0.6 is 11.6 Å². The molecule has 0 saturated carbocycles. The first kappa shape index (κ1) is 16.9. The highest BCUT2D eigenvalue weighted by molar-refractivity contribution is 6.33. The van der Waals surface area contributed by atoms with E-state index in [2.05, 4.69) is 11.1 Å². The minimum absolute atomic E-state index is 0.0405. The zero-order valence-electron chi connectivity index (χ0n) is 13.7. The summed E-state index contributed by atoms with van der Waals surface area (Å²) in [7, 11) is 0. The first-order chi connectivity index (χ1) is 11.9. The summed E-state index contributed by atoms with van der Waals surface area (Å²) in [6.07, 6.45) is 1.62. The SMILES string of the molecule is Cc1ccc(N=Cc2ccc(-c3cc([N+](=O)[O-])ccc3Cl)o2)c(C)c1. The number of hydrogen-bond acceptors (Lipinski definition) is 4. The van der Waals surface area contributed by atoms with Crippen molar-refractivity contribution in [1.29, 1.82) is 0 Å². The van der Waals surface area contributed by atoms with Crippen molar-refractivity contribution in [1.82, 2.24) is 0 Å². The predicted octanol–water partition coefficient (Wildman–Crippen LogP) is 5.88. The molecular weight excluding hydrogens is 340 g/mol. The Morgan fingerprint density at radius 2 is 1.92 bits per heavy atom. The Kier molecular flexibility index (Phi) is 4.67. The summed E-state index contributed by atoms with van der Waals surface area (Å²) >= 11 is 6.14. The van der Waals surface area contributed by atoms with Crippen LogP contribution in [0.15, 0.2) is 57.9 Å². The molecular formula is C19H15ClN2O3. The highest BCUT2D eigenvalue weighted by Gasteiger charge is 2.14. The standard InChI is InChI=1S/C19H15ClN2O3/c1-12-3-7-18(13(2)9-12)21-11-15-5-8-19(25-15)16-10-14(22(23)24)4-6-17(16)20/h3-11H,1-2H3. The monoisotopic (exact) mass is 354 g/mol. The normalized spacial score (nSPS) is 11.2. The van der Waals surface area contributed by atoms with Crippen molar-refractivity contribution in [3.8, 4) is 11.3 Å². The van der Waals surface area contributed by atoms with Crippen LogP contribution in [0.2, 0.25) is 5.02 Å². The Morgan fingerprint density at radius 1 is 1.12 bits per heavy atom. The quantitative estimate of drug-likeness (QED) is 0.334. The van der Waals surface area contributed by atoms with E-state index in [9.17, 15) is 10.1 Å². The Balaban J connectivity index is 1.89. The number of nitro groups is 1. The van der Waals surface area contributed by atoms with Crippen LogP contribution < -0.4 is 0 Å². The molecule has 0 aliphatic heterocycles. The number of nitro benzene ring substituents is 1. The first-order valence-electron chi connectivity index (χ1n) is 7.59. The minimum atomic E-state index is -0.467. The van der Waals surface area contributed by atoms with Gasteiger partial charge in [0, 0.05) is 17.7 Å². The second-order valence-electron chi connectivity index (χ2n) is 5.67. The lowest BCUT2D eigenvalue weighted by Crippen LogP contribution is -1.88. The van der Waals surface area contributed by atoms with E-state index < -0.39 is 4.92 Å². The van der Waals surface area contributed by atoms with Crippen molar-refractivity contribution in [3.63, 3.8) is 0 Å². The number of furan rings is 1. The molecule has 0 N–H and O–H groups in total. The number of aryl methyl sites for hydroxylation is 2. The van der Waals surface area contributed by atoms with E-state index in [0.29, 0.717) is 22.1 Å². The van der Waals surface area contributed by atoms with Gasteiger partial charge >= 0.3 is 0 Å². The molecule has 3 rings (SSSR count). The van der Waals surface area contributed by atoms with Gasteiger partial charge in [-0.25, -0.2) is 0 Å². The Morgan fingerprint density at radius 3 is 2.64 bits per heavy atom. The maximum absolute atomic E-state index is 10.9. The molecule has 5 nitrogen and oxygen atoms in total. The van der Waals surface area contributed by atoms with Crippen LogP contribution in [0.3, 0.4) is 0 Å². The topological polar surface area (TPSA) is 68.6 Å². The fourth-order valence-electron chi connectivity index (χ4n) is 2.47. The largest absolute Gasteiger partial charge is 0.455 e. The van der Waals surface area contributed by atoms with Crippen molar-refractivity contribution in [2.75, 3.05) is 0 Å². The van der Waals surface area contributed by atoms with Gasteiger partial charge < -0.3 is 4.42 Å². The molecule has 2 aromatic carbocycles. The molecule has 0 saturated heterocycles. The van der Waals surface area contributed by atoms with Gasteiger partial charge in [-0.1, -0.05) is 29.3 Å². The molecule has 3 aromatic rings. The molecule has 0 spiro atoms. The van der Waals surface area contributed by atoms with Crippen molar-refractivity contribution >= 4 is 29.2 Å². The smallest absolute Gasteiger partial charge is 0.270 e. The average molecular weight is 355 g/mol. The van der Waals surface area contributed by atoms with Crippen LogP contribution in [-0.2, 0) is 0 Å². The molecule has 0 aliphatic rings. The van der Waals surface area contributed by atoms with Crippen molar-refractivity contribution < 1.29 is 9.34 Å². The van der Waals surface area contributed by atoms with Gasteiger partial charge in [0.2, 0.25) is 0 Å². The second-order valence-corrected chi connectivity index (χ2v) is 6.08. The zero-order chi connectivity index (χ0) is 18.0. The lowest BCUT2D eigenvalue weighted by molar-refractivity contribution is -0.384. The molecule has 0 unspecified atom stereocenters. The maximum atomic E-state index is 10.9. The fraction of sp³-hybridized carbons (Fsp3) is 0.105. The number of non-ortho nitro benzene ring substituents is 1. The van der Waals surface area contributed by atoms with E-state index in [1.165, 1.54) is 23.8 Å². The fourth-order valence-corrected chi connectivity index (χ4v) is 2.68. The van der Waals surface area contributed by atoms with Gasteiger partial charge in [-0.3, -0.25) is 15.1 Å². The van der Waals surface area contributed by atoms with Gasteiger partial charge in [0.25, 0.3) is 5.69 Å². The molecule has 0 radical (unpaired) electrons. The number of rotatable bonds is 4. The van der Waals surface area contributed by atoms with Gasteiger partial charge in [0.1, 0.15) is 11.5 Å². The van der Waals surface area contributed by atoms with Gasteiger partial charge in [-0.15, -0.1) is 0 Å². The molecule has 1 heterocycles. The van der Waals surface area contributed by atoms with Crippen LogP contribution in [0, 0.1) is 24.0 Å². The predicted molar refractivity (Wildman–Crippen MR) is 99.0 cm³/mol. The molecule has 0 bridgehead atoms. The van der Waals surface area contributed by atoms with Crippen LogP contribution in [0.1, 0.15) is 16.9 Å². The highest BCUT2D eigenvalue weighted by atomic mass is 35.5. The lowest BCUT2D eigenvalue weighted by Gasteiger charge is -2.01. The van der Waals surface area contributed by atoms with E-state index in [1.807, 2.05) is 26.0 Å². The van der Waals surface area contributed by atoms with Crippen molar-refractivity contribution in [2.45, 2.75) is 13.8 Å². The molecule has 0 amide bonds. The molecule has 25 heavy (non-hydrogen) atoms. The van der Waals surface area contributed by atoms with Crippen LogP contribution in [0.25, 0.3) is 11.3 Å². The third-order valence-corrected chi connectivity index (χ3v) is 4.07. The average Bonchev–Trinajstić information content (AvgIpc) is 3.03. The van der Waals surface area contributed by atoms with Gasteiger partial charge in [-0.2, -0.15) is 0 Å². The summed E-state index contributed by atoms with van der Waals surface area (Å²) < 4.78 is 5.71. The maximum Gasteiger partial charge on any atom is 0.270 e. The number of hydrogen-bond donors (Lipinski definition) is 0. The lowest BCUT2D eigenvalue weighted by atomic mass is 10.1. The summed E-state index contributed by atoms with van der Waals surface area (Å²) in [4.78, 5) is 14.9. The summed E-state index contributed by atoms with van der Waals surface area (Å²) in [6, 6.07) is 13.7. The minimum Gasteiger partial charge on any atom is -0.455 e. The molecule has 6 heteroatoms. The molecule has 0 fully saturated rings. The van der Waals surface area contributed by atoms with Gasteiger partial charge in [0.05, 0.1) is 21.8 Å². The van der Waals surface area contributed by atoms with Gasteiger partial charge in [-0.05, 0) is 43.7 Å². The zero-order valence-corrected chi connectivity index (χ0v) is 14.4. The third kappa shape index (κ3) is 3.78. The number of benzene rings is 2. The van der Waals surface area contributed by atoms with Crippen molar-refractivity contribution in [2.24, 2.45) is 4.99 Å². The molecule has 126 valence electrons. The van der Waals surface area contributed by atoms with Crippen molar-refractivity contribution in [3.05, 3.63) is 80.6 Å². The van der Waals surface area contributed by atoms with Crippen LogP contribution in [-0.4, -0.2) is 11.1 Å². The molecule has 1 aromatic heterocycles. The molecule has 0 aliphatic carbocycles. The van der Waals surface area contributed by atoms with E-state index >= 15 is 0 Å². The van der Waals surface area contributed by atoms with E-state index in [0.717, 1.165) is 11.3 Å². The van der Waals surface area contributed by atoms with Gasteiger partial charge in [0.15, 0.2) is 0 Å². The summed E-state index contributed by atoms with van der Waals surface area (Å²) in [5, 5.41) is 11.3. The van der Waals surface area contributed by atoms with Crippen LogP contribution in [0.5, 0.6) is 0 Å². The first-order valence-corrected chi connectivity index (χ1v) is 7.97. The van der Waals surface area contributed by atoms with E-state index in [-0.39, 0.29) is 5.69 Å². The van der Waals surface area contributed by atoms with Crippen LogP contribution in [0.4, 0.5) is 11.4 Å². The summed E-state index contributed by atoms with van der Waals surface area (Å²) in [5.41, 5.74) is 3.54. The number of nitrogens with zero attached hydrogens (tertiary/aromatic N) is 2. The second kappa shape index (κ2) is 6.91. The Hall–Kier alpha value is -2.92. The Labute approximate surface area is 149 Å².